The fourth-order valence-corrected chi connectivity index (χ4v) is 1.63. The first kappa shape index (κ1) is 12.2. The van der Waals surface area contributed by atoms with Crippen LogP contribution in [0, 0.1) is 13.8 Å². The standard InChI is InChI=1S/C12H23N3/c1-9-7-10(2)15(14-9)11(3)8-13-12(4,5)6/h7,11,13H,8H2,1-6H3. The van der Waals surface area contributed by atoms with Crippen LogP contribution in [0.3, 0.4) is 0 Å². The maximum Gasteiger partial charge on any atom is 0.0618 e. The zero-order valence-electron chi connectivity index (χ0n) is 10.8. The Kier molecular flexibility index (Phi) is 3.55. The van der Waals surface area contributed by atoms with Crippen molar-refractivity contribution in [1.82, 2.24) is 15.1 Å². The molecule has 1 rings (SSSR count). The molecule has 0 fully saturated rings. The van der Waals surface area contributed by atoms with Crippen LogP contribution in [0.25, 0.3) is 0 Å². The molecule has 0 saturated heterocycles. The number of aromatic nitrogens is 2. The van der Waals surface area contributed by atoms with Gasteiger partial charge in [0, 0.05) is 17.8 Å². The van der Waals surface area contributed by atoms with E-state index in [0.717, 1.165) is 12.2 Å². The van der Waals surface area contributed by atoms with E-state index in [9.17, 15) is 0 Å². The van der Waals surface area contributed by atoms with Crippen molar-refractivity contribution in [2.45, 2.75) is 53.1 Å². The molecule has 0 radical (unpaired) electrons. The second kappa shape index (κ2) is 4.35. The van der Waals surface area contributed by atoms with E-state index in [2.05, 4.69) is 55.8 Å². The fraction of sp³-hybridized carbons (Fsp3) is 0.750. The van der Waals surface area contributed by atoms with Crippen molar-refractivity contribution in [3.05, 3.63) is 17.5 Å². The molecule has 0 aliphatic carbocycles. The van der Waals surface area contributed by atoms with Gasteiger partial charge in [-0.2, -0.15) is 5.10 Å². The fourth-order valence-electron chi connectivity index (χ4n) is 1.63. The summed E-state index contributed by atoms with van der Waals surface area (Å²) >= 11 is 0. The third kappa shape index (κ3) is 3.67. The number of rotatable bonds is 3. The minimum Gasteiger partial charge on any atom is -0.310 e. The van der Waals surface area contributed by atoms with Gasteiger partial charge in [-0.3, -0.25) is 4.68 Å². The average molecular weight is 209 g/mol. The van der Waals surface area contributed by atoms with Gasteiger partial charge in [0.05, 0.1) is 11.7 Å². The van der Waals surface area contributed by atoms with E-state index in [-0.39, 0.29) is 5.54 Å². The first-order valence-corrected chi connectivity index (χ1v) is 5.57. The zero-order valence-corrected chi connectivity index (χ0v) is 10.8. The van der Waals surface area contributed by atoms with Crippen LogP contribution < -0.4 is 5.32 Å². The van der Waals surface area contributed by atoms with Crippen LogP contribution in [-0.4, -0.2) is 21.9 Å². The summed E-state index contributed by atoms with van der Waals surface area (Å²) in [5.41, 5.74) is 2.50. The van der Waals surface area contributed by atoms with Gasteiger partial charge in [-0.05, 0) is 47.6 Å². The molecule has 0 amide bonds. The van der Waals surface area contributed by atoms with Gasteiger partial charge in [-0.1, -0.05) is 0 Å². The molecule has 1 atom stereocenters. The van der Waals surface area contributed by atoms with Crippen LogP contribution in [0.5, 0.6) is 0 Å². The Morgan fingerprint density at radius 3 is 2.40 bits per heavy atom. The van der Waals surface area contributed by atoms with Crippen molar-refractivity contribution < 1.29 is 0 Å². The highest BCUT2D eigenvalue weighted by molar-refractivity contribution is 5.07. The second-order valence-corrected chi connectivity index (χ2v) is 5.35. The van der Waals surface area contributed by atoms with Crippen molar-refractivity contribution in [1.29, 1.82) is 0 Å². The lowest BCUT2D eigenvalue weighted by atomic mass is 10.1. The number of aryl methyl sites for hydroxylation is 2. The summed E-state index contributed by atoms with van der Waals surface area (Å²) in [7, 11) is 0. The summed E-state index contributed by atoms with van der Waals surface area (Å²) in [5.74, 6) is 0. The van der Waals surface area contributed by atoms with Crippen LogP contribution >= 0.6 is 0 Å². The minimum absolute atomic E-state index is 0.171. The van der Waals surface area contributed by atoms with Crippen molar-refractivity contribution in [2.24, 2.45) is 0 Å². The van der Waals surface area contributed by atoms with E-state index in [1.54, 1.807) is 0 Å². The van der Waals surface area contributed by atoms with E-state index in [1.165, 1.54) is 5.69 Å². The molecule has 1 heterocycles. The molecule has 0 aliphatic rings. The van der Waals surface area contributed by atoms with Gasteiger partial charge in [-0.15, -0.1) is 0 Å². The molecule has 0 aliphatic heterocycles. The van der Waals surface area contributed by atoms with Gasteiger partial charge in [0.1, 0.15) is 0 Å². The molecule has 1 unspecified atom stereocenters. The van der Waals surface area contributed by atoms with E-state index < -0.39 is 0 Å². The van der Waals surface area contributed by atoms with Gasteiger partial charge < -0.3 is 5.32 Å². The normalized spacial score (nSPS) is 14.3. The molecule has 1 aromatic heterocycles. The Hall–Kier alpha value is -0.830. The van der Waals surface area contributed by atoms with Gasteiger partial charge in [-0.25, -0.2) is 0 Å². The molecule has 0 bridgehead atoms. The monoisotopic (exact) mass is 209 g/mol. The Balaban J connectivity index is 2.61. The van der Waals surface area contributed by atoms with Crippen molar-refractivity contribution in [3.8, 4) is 0 Å². The highest BCUT2D eigenvalue weighted by Gasteiger charge is 2.13. The quantitative estimate of drug-likeness (QED) is 0.828. The smallest absolute Gasteiger partial charge is 0.0618 e. The average Bonchev–Trinajstić information content (AvgIpc) is 2.40. The first-order valence-electron chi connectivity index (χ1n) is 5.57. The molecule has 86 valence electrons. The van der Waals surface area contributed by atoms with Crippen LogP contribution in [0.2, 0.25) is 0 Å². The second-order valence-electron chi connectivity index (χ2n) is 5.35. The molecular weight excluding hydrogens is 186 g/mol. The zero-order chi connectivity index (χ0) is 11.6. The maximum absolute atomic E-state index is 4.49. The molecule has 3 heteroatoms. The summed E-state index contributed by atoms with van der Waals surface area (Å²) < 4.78 is 2.09. The molecule has 3 nitrogen and oxygen atoms in total. The van der Waals surface area contributed by atoms with Crippen molar-refractivity contribution in [3.63, 3.8) is 0 Å². The van der Waals surface area contributed by atoms with Crippen LogP contribution in [0.4, 0.5) is 0 Å². The SMILES string of the molecule is Cc1cc(C)n(C(C)CNC(C)(C)C)n1. The summed E-state index contributed by atoms with van der Waals surface area (Å²) in [6.45, 7) is 13.8. The van der Waals surface area contributed by atoms with Gasteiger partial charge in [0.15, 0.2) is 0 Å². The molecule has 0 aromatic carbocycles. The van der Waals surface area contributed by atoms with Crippen LogP contribution in [0.15, 0.2) is 6.07 Å². The summed E-state index contributed by atoms with van der Waals surface area (Å²) in [6, 6.07) is 2.52. The molecule has 15 heavy (non-hydrogen) atoms. The maximum atomic E-state index is 4.49. The molecule has 0 spiro atoms. The van der Waals surface area contributed by atoms with Crippen LogP contribution in [0.1, 0.15) is 45.1 Å². The molecule has 0 saturated carbocycles. The lowest BCUT2D eigenvalue weighted by molar-refractivity contribution is 0.362. The van der Waals surface area contributed by atoms with E-state index in [0.29, 0.717) is 6.04 Å². The third-order valence-electron chi connectivity index (χ3n) is 2.39. The van der Waals surface area contributed by atoms with E-state index in [4.69, 9.17) is 0 Å². The Morgan fingerprint density at radius 2 is 2.00 bits per heavy atom. The number of hydrogen-bond acceptors (Lipinski definition) is 2. The van der Waals surface area contributed by atoms with E-state index >= 15 is 0 Å². The predicted octanol–water partition coefficient (Wildman–Crippen LogP) is 2.45. The number of nitrogens with zero attached hydrogens (tertiary/aromatic N) is 2. The topological polar surface area (TPSA) is 29.9 Å². The van der Waals surface area contributed by atoms with Gasteiger partial charge in [0.25, 0.3) is 0 Å². The summed E-state index contributed by atoms with van der Waals surface area (Å²) in [4.78, 5) is 0. The Bertz CT molecular complexity index is 320. The largest absolute Gasteiger partial charge is 0.310 e. The van der Waals surface area contributed by atoms with E-state index in [1.807, 2.05) is 6.92 Å². The lowest BCUT2D eigenvalue weighted by Crippen LogP contribution is -2.39. The Morgan fingerprint density at radius 1 is 1.40 bits per heavy atom. The third-order valence-corrected chi connectivity index (χ3v) is 2.39. The number of nitrogens with one attached hydrogen (secondary N) is 1. The predicted molar refractivity (Wildman–Crippen MR) is 64.2 cm³/mol. The number of hydrogen-bond donors (Lipinski definition) is 1. The Labute approximate surface area is 92.9 Å². The van der Waals surface area contributed by atoms with Gasteiger partial charge in [0.2, 0.25) is 0 Å². The highest BCUT2D eigenvalue weighted by atomic mass is 15.3. The van der Waals surface area contributed by atoms with Crippen LogP contribution in [-0.2, 0) is 0 Å². The lowest BCUT2D eigenvalue weighted by Gasteiger charge is -2.24. The van der Waals surface area contributed by atoms with Crippen molar-refractivity contribution >= 4 is 0 Å². The molecular formula is C12H23N3. The highest BCUT2D eigenvalue weighted by Crippen LogP contribution is 2.11. The summed E-state index contributed by atoms with van der Waals surface area (Å²) in [6.07, 6.45) is 0. The first-order chi connectivity index (χ1) is 6.79. The molecule has 1 aromatic rings. The summed E-state index contributed by atoms with van der Waals surface area (Å²) in [5, 5.41) is 7.98. The molecule has 1 N–H and O–H groups in total. The van der Waals surface area contributed by atoms with Crippen molar-refractivity contribution in [2.75, 3.05) is 6.54 Å². The minimum atomic E-state index is 0.171. The van der Waals surface area contributed by atoms with Gasteiger partial charge >= 0.3 is 0 Å².